The maximum atomic E-state index is 11.8. The Labute approximate surface area is 101 Å². The Morgan fingerprint density at radius 2 is 2.29 bits per heavy atom. The Morgan fingerprint density at radius 1 is 1.59 bits per heavy atom. The molecule has 1 aliphatic rings. The molecule has 1 amide bonds. The summed E-state index contributed by atoms with van der Waals surface area (Å²) in [5.74, 6) is 0.496. The van der Waals surface area contributed by atoms with Crippen LogP contribution in [0.2, 0.25) is 0 Å². The lowest BCUT2D eigenvalue weighted by Gasteiger charge is -2.06. The quantitative estimate of drug-likeness (QED) is 0.863. The first kappa shape index (κ1) is 11.7. The van der Waals surface area contributed by atoms with E-state index in [4.69, 9.17) is 5.26 Å². The van der Waals surface area contributed by atoms with E-state index in [1.165, 1.54) is 6.42 Å². The van der Waals surface area contributed by atoms with E-state index in [9.17, 15) is 4.79 Å². The third-order valence-corrected chi connectivity index (χ3v) is 3.48. The fraction of sp³-hybridized carbons (Fsp3) is 0.429. The molecule has 1 unspecified atom stereocenters. The number of nitrogens with zero attached hydrogens (tertiary/aromatic N) is 1. The third-order valence-electron chi connectivity index (χ3n) is 3.48. The van der Waals surface area contributed by atoms with Gasteiger partial charge < -0.3 is 5.32 Å². The molecule has 1 N–H and O–H groups in total. The van der Waals surface area contributed by atoms with Gasteiger partial charge in [0.1, 0.15) is 0 Å². The Balaban J connectivity index is 1.94. The van der Waals surface area contributed by atoms with Crippen LogP contribution in [0.15, 0.2) is 24.3 Å². The summed E-state index contributed by atoms with van der Waals surface area (Å²) < 4.78 is 0. The van der Waals surface area contributed by atoms with Gasteiger partial charge in [0.05, 0.1) is 11.6 Å². The molecule has 1 fully saturated rings. The number of amides is 1. The fourth-order valence-corrected chi connectivity index (χ4v) is 1.97. The van der Waals surface area contributed by atoms with Crippen molar-refractivity contribution in [1.29, 1.82) is 5.26 Å². The van der Waals surface area contributed by atoms with Gasteiger partial charge in [-0.25, -0.2) is 0 Å². The SMILES string of the molecule is CC1(C)CC1CNC(=O)c1cccc(C#N)c1. The van der Waals surface area contributed by atoms with Gasteiger partial charge >= 0.3 is 0 Å². The Hall–Kier alpha value is -1.82. The first-order valence-electron chi connectivity index (χ1n) is 5.81. The second kappa shape index (κ2) is 4.21. The number of hydrogen-bond donors (Lipinski definition) is 1. The molecular weight excluding hydrogens is 212 g/mol. The second-order valence-electron chi connectivity index (χ2n) is 5.29. The van der Waals surface area contributed by atoms with Gasteiger partial charge in [-0.3, -0.25) is 4.79 Å². The molecule has 0 radical (unpaired) electrons. The van der Waals surface area contributed by atoms with E-state index in [0.717, 1.165) is 6.54 Å². The molecule has 1 aromatic carbocycles. The van der Waals surface area contributed by atoms with Crippen LogP contribution in [-0.2, 0) is 0 Å². The van der Waals surface area contributed by atoms with Crippen LogP contribution in [0, 0.1) is 22.7 Å². The molecule has 3 heteroatoms. The summed E-state index contributed by atoms with van der Waals surface area (Å²) in [5.41, 5.74) is 1.45. The molecular formula is C14H16N2O. The van der Waals surface area contributed by atoms with Gasteiger partial charge in [0.25, 0.3) is 5.91 Å². The van der Waals surface area contributed by atoms with Gasteiger partial charge in [0, 0.05) is 12.1 Å². The molecule has 0 aromatic heterocycles. The molecule has 3 nitrogen and oxygen atoms in total. The Kier molecular flexibility index (Phi) is 2.89. The minimum Gasteiger partial charge on any atom is -0.352 e. The number of rotatable bonds is 3. The highest BCUT2D eigenvalue weighted by molar-refractivity contribution is 5.94. The van der Waals surface area contributed by atoms with Gasteiger partial charge in [-0.2, -0.15) is 5.26 Å². The lowest BCUT2D eigenvalue weighted by Crippen LogP contribution is -2.26. The zero-order valence-corrected chi connectivity index (χ0v) is 10.2. The summed E-state index contributed by atoms with van der Waals surface area (Å²) in [7, 11) is 0. The highest BCUT2D eigenvalue weighted by atomic mass is 16.1. The van der Waals surface area contributed by atoms with Crippen LogP contribution in [0.5, 0.6) is 0 Å². The summed E-state index contributed by atoms with van der Waals surface area (Å²) >= 11 is 0. The first-order chi connectivity index (χ1) is 8.03. The van der Waals surface area contributed by atoms with Crippen molar-refractivity contribution in [2.75, 3.05) is 6.54 Å². The van der Waals surface area contributed by atoms with Crippen molar-refractivity contribution in [1.82, 2.24) is 5.32 Å². The zero-order valence-electron chi connectivity index (χ0n) is 10.2. The van der Waals surface area contributed by atoms with Crippen molar-refractivity contribution in [2.24, 2.45) is 11.3 Å². The normalized spacial score (nSPS) is 20.4. The van der Waals surface area contributed by atoms with E-state index in [1.807, 2.05) is 6.07 Å². The number of nitrogens with one attached hydrogen (secondary N) is 1. The van der Waals surface area contributed by atoms with Gasteiger partial charge in [-0.15, -0.1) is 0 Å². The number of nitriles is 1. The molecule has 0 heterocycles. The summed E-state index contributed by atoms with van der Waals surface area (Å²) in [4.78, 5) is 11.8. The Bertz CT molecular complexity index is 485. The number of hydrogen-bond acceptors (Lipinski definition) is 2. The molecule has 17 heavy (non-hydrogen) atoms. The smallest absolute Gasteiger partial charge is 0.251 e. The lowest BCUT2D eigenvalue weighted by molar-refractivity contribution is 0.0950. The molecule has 0 aliphatic heterocycles. The van der Waals surface area contributed by atoms with Gasteiger partial charge in [-0.05, 0) is 36.0 Å². The van der Waals surface area contributed by atoms with E-state index in [-0.39, 0.29) is 5.91 Å². The van der Waals surface area contributed by atoms with Crippen LogP contribution >= 0.6 is 0 Å². The van der Waals surface area contributed by atoms with E-state index in [1.54, 1.807) is 24.3 Å². The van der Waals surface area contributed by atoms with Crippen molar-refractivity contribution in [3.63, 3.8) is 0 Å². The Morgan fingerprint density at radius 3 is 2.88 bits per heavy atom. The molecule has 1 saturated carbocycles. The second-order valence-corrected chi connectivity index (χ2v) is 5.29. The molecule has 1 atom stereocenters. The highest BCUT2D eigenvalue weighted by Crippen LogP contribution is 2.50. The minimum atomic E-state index is -0.0928. The van der Waals surface area contributed by atoms with Crippen molar-refractivity contribution in [3.8, 4) is 6.07 Å². The third kappa shape index (κ3) is 2.65. The molecule has 0 bridgehead atoms. The maximum Gasteiger partial charge on any atom is 0.251 e. The molecule has 1 aromatic rings. The van der Waals surface area contributed by atoms with Crippen molar-refractivity contribution < 1.29 is 4.79 Å². The zero-order chi connectivity index (χ0) is 12.5. The van der Waals surface area contributed by atoms with Crippen molar-refractivity contribution in [3.05, 3.63) is 35.4 Å². The monoisotopic (exact) mass is 228 g/mol. The van der Waals surface area contributed by atoms with Crippen LogP contribution in [0.4, 0.5) is 0 Å². The van der Waals surface area contributed by atoms with E-state index in [0.29, 0.717) is 22.5 Å². The van der Waals surface area contributed by atoms with Crippen LogP contribution in [0.25, 0.3) is 0 Å². The van der Waals surface area contributed by atoms with E-state index >= 15 is 0 Å². The van der Waals surface area contributed by atoms with Crippen molar-refractivity contribution in [2.45, 2.75) is 20.3 Å². The van der Waals surface area contributed by atoms with E-state index in [2.05, 4.69) is 19.2 Å². The standard InChI is InChI=1S/C14H16N2O/c1-14(2)7-12(14)9-16-13(17)11-5-3-4-10(6-11)8-15/h3-6,12H,7,9H2,1-2H3,(H,16,17). The molecule has 88 valence electrons. The summed E-state index contributed by atoms with van der Waals surface area (Å²) in [6, 6.07) is 8.81. The maximum absolute atomic E-state index is 11.8. The van der Waals surface area contributed by atoms with Gasteiger partial charge in [-0.1, -0.05) is 19.9 Å². The van der Waals surface area contributed by atoms with Crippen LogP contribution in [0.3, 0.4) is 0 Å². The van der Waals surface area contributed by atoms with Crippen LogP contribution in [-0.4, -0.2) is 12.5 Å². The number of carbonyl (C=O) groups excluding carboxylic acids is 1. The summed E-state index contributed by atoms with van der Waals surface area (Å²) in [6.45, 7) is 5.14. The van der Waals surface area contributed by atoms with Crippen molar-refractivity contribution >= 4 is 5.91 Å². The molecule has 2 rings (SSSR count). The molecule has 0 spiro atoms. The number of carbonyl (C=O) groups is 1. The molecule has 1 aliphatic carbocycles. The largest absolute Gasteiger partial charge is 0.352 e. The predicted molar refractivity (Wildman–Crippen MR) is 65.4 cm³/mol. The predicted octanol–water partition coefficient (Wildman–Crippen LogP) is 2.33. The highest BCUT2D eigenvalue weighted by Gasteiger charge is 2.45. The van der Waals surface area contributed by atoms with E-state index < -0.39 is 0 Å². The average Bonchev–Trinajstić information content (AvgIpc) is 2.94. The fourth-order valence-electron chi connectivity index (χ4n) is 1.97. The first-order valence-corrected chi connectivity index (χ1v) is 5.81. The average molecular weight is 228 g/mol. The lowest BCUT2D eigenvalue weighted by atomic mass is 10.1. The minimum absolute atomic E-state index is 0.0928. The van der Waals surface area contributed by atoms with Gasteiger partial charge in [0.2, 0.25) is 0 Å². The topological polar surface area (TPSA) is 52.9 Å². The summed E-state index contributed by atoms with van der Waals surface area (Å²) in [6.07, 6.45) is 1.17. The summed E-state index contributed by atoms with van der Waals surface area (Å²) in [5, 5.41) is 11.7. The van der Waals surface area contributed by atoms with Gasteiger partial charge in [0.15, 0.2) is 0 Å². The van der Waals surface area contributed by atoms with Crippen LogP contribution in [0.1, 0.15) is 36.2 Å². The van der Waals surface area contributed by atoms with Crippen LogP contribution < -0.4 is 5.32 Å². The molecule has 0 saturated heterocycles. The number of benzene rings is 1.